The van der Waals surface area contributed by atoms with Crippen LogP contribution in [-0.2, 0) is 14.3 Å². The van der Waals surface area contributed by atoms with Crippen LogP contribution in [0.25, 0.3) is 11.4 Å². The second-order valence-electron chi connectivity index (χ2n) is 9.10. The van der Waals surface area contributed by atoms with E-state index in [1.54, 1.807) is 0 Å². The number of nitrogen functional groups attached to an aromatic ring is 1. The lowest BCUT2D eigenvalue weighted by Gasteiger charge is -2.29. The molecule has 2 heterocycles. The Balaban J connectivity index is 0.000000580. The van der Waals surface area contributed by atoms with Crippen LogP contribution in [0.2, 0.25) is 0 Å². The van der Waals surface area contributed by atoms with Crippen LogP contribution in [0, 0.1) is 11.6 Å². The van der Waals surface area contributed by atoms with Crippen molar-refractivity contribution in [2.75, 3.05) is 36.9 Å². The number of thioether (sulfide) groups is 1. The number of carbonyl (C=O) groups excluding carboxylic acids is 1. The Kier molecular flexibility index (Phi) is 9.96. The van der Waals surface area contributed by atoms with E-state index < -0.39 is 11.6 Å². The van der Waals surface area contributed by atoms with Gasteiger partial charge in [0.25, 0.3) is 0 Å². The van der Waals surface area contributed by atoms with Crippen molar-refractivity contribution in [3.8, 4) is 11.4 Å². The molecule has 10 heteroatoms. The van der Waals surface area contributed by atoms with Crippen LogP contribution < -0.4 is 16.4 Å². The van der Waals surface area contributed by atoms with Gasteiger partial charge in [0.1, 0.15) is 24.2 Å². The number of nitrogens with zero attached hydrogens (tertiary/aromatic N) is 3. The molecule has 2 aliphatic rings. The predicted octanol–water partition coefficient (Wildman–Crippen LogP) is 4.79. The Labute approximate surface area is 220 Å². The second-order valence-corrected chi connectivity index (χ2v) is 10.6. The average Bonchev–Trinajstić information content (AvgIpc) is 3.65. The topological polar surface area (TPSA) is 107 Å². The van der Waals surface area contributed by atoms with Crippen LogP contribution in [-0.4, -0.2) is 49.1 Å². The molecule has 1 aliphatic heterocycles. The number of anilines is 2. The van der Waals surface area contributed by atoms with Crippen molar-refractivity contribution in [2.24, 2.45) is 5.73 Å². The number of hydrogen-bond donors (Lipinski definition) is 2. The first-order valence-corrected chi connectivity index (χ1v) is 12.8. The van der Waals surface area contributed by atoms with E-state index in [1.807, 2.05) is 51.0 Å². The maximum atomic E-state index is 13.7. The first kappa shape index (κ1) is 28.5. The first-order valence-electron chi connectivity index (χ1n) is 12.0. The standard InChI is InChI=1S/C23H22F2N4OS.C3H9N.CH2O/c24-16-11-17(25)13-19(12-16)31-23(5-6-23)20-14-21(29-7-9-30-10-8-29)28-22(27-20)15-1-3-18(26)4-2-15;1-3(2)4;1-2/h1-4,11-14H,5-10,26H2;3H,4H2,1-2H3;1H2. The summed E-state index contributed by atoms with van der Waals surface area (Å²) in [5, 5.41) is 0. The molecular weight excluding hydrogens is 496 g/mol. The van der Waals surface area contributed by atoms with E-state index >= 15 is 0 Å². The summed E-state index contributed by atoms with van der Waals surface area (Å²) in [5.41, 5.74) is 13.4. The molecule has 4 N–H and O–H groups in total. The molecule has 7 nitrogen and oxygen atoms in total. The highest BCUT2D eigenvalue weighted by atomic mass is 32.2. The molecule has 198 valence electrons. The van der Waals surface area contributed by atoms with Crippen LogP contribution in [0.4, 0.5) is 20.3 Å². The van der Waals surface area contributed by atoms with Gasteiger partial charge in [-0.25, -0.2) is 18.7 Å². The normalized spacial score (nSPS) is 15.8. The van der Waals surface area contributed by atoms with Crippen molar-refractivity contribution in [3.05, 3.63) is 65.9 Å². The molecule has 0 radical (unpaired) electrons. The van der Waals surface area contributed by atoms with Crippen LogP contribution >= 0.6 is 11.8 Å². The SMILES string of the molecule is C=O.CC(C)N.Nc1ccc(-c2nc(N3CCOCC3)cc(C3(Sc4cc(F)cc(F)c4)CC3)n2)cc1. The van der Waals surface area contributed by atoms with Crippen LogP contribution in [0.5, 0.6) is 0 Å². The summed E-state index contributed by atoms with van der Waals surface area (Å²) >= 11 is 1.47. The average molecular weight is 530 g/mol. The molecule has 0 amide bonds. The van der Waals surface area contributed by atoms with Gasteiger partial charge in [-0.1, -0.05) is 13.8 Å². The smallest absolute Gasteiger partial charge is 0.161 e. The molecule has 5 rings (SSSR count). The van der Waals surface area contributed by atoms with Crippen molar-refractivity contribution in [2.45, 2.75) is 42.4 Å². The van der Waals surface area contributed by atoms with Crippen LogP contribution in [0.15, 0.2) is 53.4 Å². The molecule has 0 unspecified atom stereocenters. The van der Waals surface area contributed by atoms with Crippen molar-refractivity contribution < 1.29 is 18.3 Å². The third kappa shape index (κ3) is 7.95. The van der Waals surface area contributed by atoms with E-state index in [2.05, 4.69) is 4.90 Å². The number of benzene rings is 2. The fraction of sp³-hybridized carbons (Fsp3) is 0.370. The molecule has 3 aromatic rings. The first-order chi connectivity index (χ1) is 17.7. The van der Waals surface area contributed by atoms with Crippen molar-refractivity contribution in [1.29, 1.82) is 0 Å². The minimum absolute atomic E-state index is 0.313. The number of ether oxygens (including phenoxy) is 1. The summed E-state index contributed by atoms with van der Waals surface area (Å²) in [4.78, 5) is 20.5. The second kappa shape index (κ2) is 12.9. The summed E-state index contributed by atoms with van der Waals surface area (Å²) in [6.45, 7) is 8.71. The molecule has 1 aromatic heterocycles. The molecule has 1 saturated heterocycles. The van der Waals surface area contributed by atoms with Gasteiger partial charge in [0.15, 0.2) is 5.82 Å². The van der Waals surface area contributed by atoms with Gasteiger partial charge in [-0.3, -0.25) is 0 Å². The molecule has 2 aromatic carbocycles. The fourth-order valence-electron chi connectivity index (χ4n) is 3.72. The highest BCUT2D eigenvalue weighted by Crippen LogP contribution is 2.59. The van der Waals surface area contributed by atoms with Crippen LogP contribution in [0.3, 0.4) is 0 Å². The summed E-state index contributed by atoms with van der Waals surface area (Å²) in [6.07, 6.45) is 1.77. The lowest BCUT2D eigenvalue weighted by molar-refractivity contribution is -0.0980. The van der Waals surface area contributed by atoms with E-state index in [1.165, 1.54) is 23.9 Å². The lowest BCUT2D eigenvalue weighted by Crippen LogP contribution is -2.37. The molecule has 37 heavy (non-hydrogen) atoms. The molecular formula is C27H33F2N5O2S. The predicted molar refractivity (Wildman–Crippen MR) is 144 cm³/mol. The van der Waals surface area contributed by atoms with Gasteiger partial charge in [-0.15, -0.1) is 11.8 Å². The van der Waals surface area contributed by atoms with E-state index in [9.17, 15) is 8.78 Å². The molecule has 0 bridgehead atoms. The van der Waals surface area contributed by atoms with Gasteiger partial charge in [-0.2, -0.15) is 0 Å². The minimum atomic E-state index is -0.572. The maximum absolute atomic E-state index is 13.7. The third-order valence-corrected chi connectivity index (χ3v) is 7.02. The largest absolute Gasteiger partial charge is 0.399 e. The van der Waals surface area contributed by atoms with Crippen molar-refractivity contribution >= 4 is 30.1 Å². The third-order valence-electron chi connectivity index (χ3n) is 5.54. The Morgan fingerprint density at radius 3 is 2.11 bits per heavy atom. The maximum Gasteiger partial charge on any atom is 0.161 e. The summed E-state index contributed by atoms with van der Waals surface area (Å²) in [6, 6.07) is 13.5. The molecule has 1 saturated carbocycles. The van der Waals surface area contributed by atoms with E-state index in [-0.39, 0.29) is 4.75 Å². The highest BCUT2D eigenvalue weighted by molar-refractivity contribution is 8.00. The van der Waals surface area contributed by atoms with Gasteiger partial charge in [-0.05, 0) is 55.3 Å². The number of hydrogen-bond acceptors (Lipinski definition) is 8. The van der Waals surface area contributed by atoms with E-state index in [0.717, 1.165) is 49.1 Å². The summed E-state index contributed by atoms with van der Waals surface area (Å²) in [5.74, 6) is 0.323. The van der Waals surface area contributed by atoms with E-state index in [4.69, 9.17) is 31.0 Å². The molecule has 1 aliphatic carbocycles. The molecule has 2 fully saturated rings. The zero-order chi connectivity index (χ0) is 27.0. The van der Waals surface area contributed by atoms with Gasteiger partial charge in [0.05, 0.1) is 23.7 Å². The number of rotatable bonds is 5. The minimum Gasteiger partial charge on any atom is -0.399 e. The molecule has 0 atom stereocenters. The monoisotopic (exact) mass is 529 g/mol. The number of aromatic nitrogens is 2. The Morgan fingerprint density at radius 1 is 1.00 bits per heavy atom. The fourth-order valence-corrected chi connectivity index (χ4v) is 5.03. The number of carbonyl (C=O) groups is 1. The zero-order valence-corrected chi connectivity index (χ0v) is 21.9. The van der Waals surface area contributed by atoms with Crippen LogP contribution in [0.1, 0.15) is 32.4 Å². The molecule has 0 spiro atoms. The number of halogens is 2. The number of morpholine rings is 1. The zero-order valence-electron chi connectivity index (χ0n) is 21.1. The number of nitrogens with two attached hydrogens (primary N) is 2. The van der Waals surface area contributed by atoms with Gasteiger partial charge >= 0.3 is 0 Å². The van der Waals surface area contributed by atoms with Crippen molar-refractivity contribution in [3.63, 3.8) is 0 Å². The van der Waals surface area contributed by atoms with Gasteiger partial charge < -0.3 is 25.9 Å². The summed E-state index contributed by atoms with van der Waals surface area (Å²) < 4.78 is 32.7. The van der Waals surface area contributed by atoms with E-state index in [0.29, 0.717) is 35.7 Å². The Hall–Kier alpha value is -3.08. The Bertz CT molecular complexity index is 1150. The quantitative estimate of drug-likeness (QED) is 0.455. The van der Waals surface area contributed by atoms with Gasteiger partial charge in [0, 0.05) is 41.4 Å². The highest BCUT2D eigenvalue weighted by Gasteiger charge is 2.47. The van der Waals surface area contributed by atoms with Crippen molar-refractivity contribution in [1.82, 2.24) is 9.97 Å². The lowest BCUT2D eigenvalue weighted by atomic mass is 10.1. The van der Waals surface area contributed by atoms with Gasteiger partial charge in [0.2, 0.25) is 0 Å². The summed E-state index contributed by atoms with van der Waals surface area (Å²) in [7, 11) is 0. The Morgan fingerprint density at radius 2 is 1.57 bits per heavy atom.